The van der Waals surface area contributed by atoms with Gasteiger partial charge in [-0.3, -0.25) is 0 Å². The molecule has 21 heavy (non-hydrogen) atoms. The van der Waals surface area contributed by atoms with E-state index in [-0.39, 0.29) is 10.9 Å². The van der Waals surface area contributed by atoms with Crippen molar-refractivity contribution in [3.05, 3.63) is 18.2 Å². The fraction of sp³-hybridized carbons (Fsp3) is 0.571. The first-order chi connectivity index (χ1) is 9.94. The third-order valence-electron chi connectivity index (χ3n) is 3.88. The van der Waals surface area contributed by atoms with Gasteiger partial charge in [0.2, 0.25) is 10.0 Å². The zero-order chi connectivity index (χ0) is 15.5. The van der Waals surface area contributed by atoms with E-state index in [1.54, 1.807) is 12.1 Å². The molecule has 5 N–H and O–H groups in total. The van der Waals surface area contributed by atoms with E-state index in [4.69, 9.17) is 5.73 Å². The van der Waals surface area contributed by atoms with Gasteiger partial charge in [-0.05, 0) is 38.1 Å². The van der Waals surface area contributed by atoms with Crippen molar-refractivity contribution in [1.29, 1.82) is 0 Å². The van der Waals surface area contributed by atoms with Crippen molar-refractivity contribution < 1.29 is 13.5 Å². The van der Waals surface area contributed by atoms with Crippen LogP contribution in [0.5, 0.6) is 0 Å². The quantitative estimate of drug-likeness (QED) is 0.495. The molecule has 0 heterocycles. The van der Waals surface area contributed by atoms with Gasteiger partial charge >= 0.3 is 0 Å². The molecule has 0 spiro atoms. The number of hydrogen-bond donors (Lipinski definition) is 4. The molecule has 7 heteroatoms. The van der Waals surface area contributed by atoms with Gasteiger partial charge in [0, 0.05) is 5.69 Å². The number of hydrogen-bond acceptors (Lipinski definition) is 5. The molecule has 0 saturated heterocycles. The van der Waals surface area contributed by atoms with E-state index in [1.807, 2.05) is 0 Å². The highest BCUT2D eigenvalue weighted by Crippen LogP contribution is 2.27. The number of nitrogens with one attached hydrogen (secondary N) is 2. The smallest absolute Gasteiger partial charge is 0.242 e. The lowest BCUT2D eigenvalue weighted by Gasteiger charge is -2.24. The third kappa shape index (κ3) is 3.87. The summed E-state index contributed by atoms with van der Waals surface area (Å²) < 4.78 is 26.5. The maximum absolute atomic E-state index is 12.1. The van der Waals surface area contributed by atoms with Gasteiger partial charge in [0.05, 0.1) is 17.8 Å². The van der Waals surface area contributed by atoms with Gasteiger partial charge < -0.3 is 16.2 Å². The zero-order valence-corrected chi connectivity index (χ0v) is 13.0. The lowest BCUT2D eigenvalue weighted by molar-refractivity contribution is 0.144. The Morgan fingerprint density at radius 2 is 1.95 bits per heavy atom. The Morgan fingerprint density at radius 1 is 1.24 bits per heavy atom. The number of aliphatic hydroxyl groups excluding tert-OH is 1. The Morgan fingerprint density at radius 3 is 2.67 bits per heavy atom. The molecule has 1 saturated carbocycles. The van der Waals surface area contributed by atoms with E-state index in [9.17, 15) is 13.5 Å². The van der Waals surface area contributed by atoms with Gasteiger partial charge in [-0.1, -0.05) is 19.3 Å². The molecule has 0 radical (unpaired) electrons. The highest BCUT2D eigenvalue weighted by molar-refractivity contribution is 7.89. The summed E-state index contributed by atoms with van der Waals surface area (Å²) >= 11 is 0. The summed E-state index contributed by atoms with van der Waals surface area (Å²) in [6.07, 6.45) is 4.22. The van der Waals surface area contributed by atoms with Gasteiger partial charge in [0.25, 0.3) is 0 Å². The van der Waals surface area contributed by atoms with Crippen LogP contribution in [-0.2, 0) is 10.0 Å². The average molecular weight is 313 g/mol. The van der Waals surface area contributed by atoms with Crippen molar-refractivity contribution >= 4 is 21.4 Å². The molecule has 0 amide bonds. The van der Waals surface area contributed by atoms with E-state index in [0.717, 1.165) is 32.1 Å². The number of aliphatic hydroxyl groups is 1. The van der Waals surface area contributed by atoms with Crippen LogP contribution in [-0.4, -0.2) is 32.7 Å². The molecule has 1 aromatic rings. The maximum atomic E-state index is 12.1. The summed E-state index contributed by atoms with van der Waals surface area (Å²) in [5.41, 5.74) is 6.56. The molecule has 1 fully saturated rings. The molecular formula is C14H23N3O3S. The molecule has 1 aromatic carbocycles. The molecule has 2 rings (SSSR count). The highest BCUT2D eigenvalue weighted by atomic mass is 32.2. The van der Waals surface area contributed by atoms with Gasteiger partial charge in [-0.2, -0.15) is 0 Å². The van der Waals surface area contributed by atoms with Crippen molar-refractivity contribution in [3.8, 4) is 0 Å². The summed E-state index contributed by atoms with van der Waals surface area (Å²) in [4.78, 5) is 0.112. The molecular weight excluding hydrogens is 290 g/mol. The van der Waals surface area contributed by atoms with Crippen LogP contribution in [0.4, 0.5) is 11.4 Å². The predicted molar refractivity (Wildman–Crippen MR) is 83.6 cm³/mol. The van der Waals surface area contributed by atoms with Gasteiger partial charge in [0.15, 0.2) is 0 Å². The van der Waals surface area contributed by atoms with Gasteiger partial charge in [-0.15, -0.1) is 0 Å². The van der Waals surface area contributed by atoms with Crippen molar-refractivity contribution in [1.82, 2.24) is 4.72 Å². The van der Waals surface area contributed by atoms with Crippen molar-refractivity contribution in [3.63, 3.8) is 0 Å². The molecule has 2 atom stereocenters. The Balaban J connectivity index is 2.31. The summed E-state index contributed by atoms with van der Waals surface area (Å²) in [5, 5.41) is 13.3. The number of rotatable bonds is 4. The lowest BCUT2D eigenvalue weighted by atomic mass is 10.1. The van der Waals surface area contributed by atoms with E-state index in [1.165, 1.54) is 13.1 Å². The van der Waals surface area contributed by atoms with Gasteiger partial charge in [0.1, 0.15) is 4.90 Å². The number of sulfonamides is 1. The van der Waals surface area contributed by atoms with Crippen molar-refractivity contribution in [2.75, 3.05) is 18.1 Å². The van der Waals surface area contributed by atoms with E-state index in [2.05, 4.69) is 10.0 Å². The number of anilines is 2. The lowest BCUT2D eigenvalue weighted by Crippen LogP contribution is -2.33. The highest BCUT2D eigenvalue weighted by Gasteiger charge is 2.24. The Hall–Kier alpha value is -1.31. The molecule has 1 aliphatic carbocycles. The summed E-state index contributed by atoms with van der Waals surface area (Å²) in [6, 6.07) is 4.59. The number of nitrogens with two attached hydrogens (primary N) is 1. The predicted octanol–water partition coefficient (Wildman–Crippen LogP) is 1.28. The fourth-order valence-electron chi connectivity index (χ4n) is 2.65. The van der Waals surface area contributed by atoms with Crippen LogP contribution >= 0.6 is 0 Å². The van der Waals surface area contributed by atoms with Crippen LogP contribution in [0.3, 0.4) is 0 Å². The minimum Gasteiger partial charge on any atom is -0.399 e. The van der Waals surface area contributed by atoms with E-state index >= 15 is 0 Å². The minimum atomic E-state index is -3.60. The second kappa shape index (κ2) is 6.64. The second-order valence-electron chi connectivity index (χ2n) is 5.42. The first-order valence-corrected chi connectivity index (χ1v) is 8.70. The first kappa shape index (κ1) is 16.1. The minimum absolute atomic E-state index is 0.112. The molecule has 6 nitrogen and oxygen atoms in total. The normalized spacial score (nSPS) is 23.5. The Kier molecular flexibility index (Phi) is 5.08. The molecule has 1 aliphatic rings. The monoisotopic (exact) mass is 313 g/mol. The molecule has 0 aromatic heterocycles. The summed E-state index contributed by atoms with van der Waals surface area (Å²) in [6.45, 7) is 0. The number of benzene rings is 1. The fourth-order valence-corrected chi connectivity index (χ4v) is 3.57. The standard InChI is InChI=1S/C14H23N3O3S/c1-16-21(19,20)14-9-10(15)7-8-12(14)17-11-5-3-2-4-6-13(11)18/h7-9,11,13,16-18H,2-6,15H2,1H3. The van der Waals surface area contributed by atoms with Crippen LogP contribution < -0.4 is 15.8 Å². The SMILES string of the molecule is CNS(=O)(=O)c1cc(N)ccc1NC1CCCCCC1O. The van der Waals surface area contributed by atoms with Crippen LogP contribution in [0.1, 0.15) is 32.1 Å². The van der Waals surface area contributed by atoms with Crippen molar-refractivity contribution in [2.45, 2.75) is 49.1 Å². The second-order valence-corrected chi connectivity index (χ2v) is 7.27. The summed E-state index contributed by atoms with van der Waals surface area (Å²) in [7, 11) is -2.24. The average Bonchev–Trinajstić information content (AvgIpc) is 2.66. The third-order valence-corrected chi connectivity index (χ3v) is 5.34. The van der Waals surface area contributed by atoms with Crippen LogP contribution in [0.25, 0.3) is 0 Å². The topological polar surface area (TPSA) is 104 Å². The molecule has 2 unspecified atom stereocenters. The Labute approximate surface area is 125 Å². The van der Waals surface area contributed by atoms with Crippen LogP contribution in [0.2, 0.25) is 0 Å². The first-order valence-electron chi connectivity index (χ1n) is 7.21. The van der Waals surface area contributed by atoms with Crippen LogP contribution in [0, 0.1) is 0 Å². The van der Waals surface area contributed by atoms with Crippen LogP contribution in [0.15, 0.2) is 23.1 Å². The largest absolute Gasteiger partial charge is 0.399 e. The van der Waals surface area contributed by atoms with Gasteiger partial charge in [-0.25, -0.2) is 13.1 Å². The maximum Gasteiger partial charge on any atom is 0.242 e. The number of nitrogen functional groups attached to an aromatic ring is 1. The Bertz CT molecular complexity index is 589. The summed E-state index contributed by atoms with van der Waals surface area (Å²) in [5.74, 6) is 0. The molecule has 118 valence electrons. The zero-order valence-electron chi connectivity index (χ0n) is 12.2. The molecule has 0 bridgehead atoms. The van der Waals surface area contributed by atoms with E-state index < -0.39 is 16.1 Å². The van der Waals surface area contributed by atoms with E-state index in [0.29, 0.717) is 11.4 Å². The van der Waals surface area contributed by atoms with Crippen molar-refractivity contribution in [2.24, 2.45) is 0 Å². The molecule has 0 aliphatic heterocycles.